The van der Waals surface area contributed by atoms with Crippen LogP contribution in [0.15, 0.2) is 11.8 Å². The number of ether oxygens (including phenoxy) is 1. The van der Waals surface area contributed by atoms with Crippen molar-refractivity contribution in [2.45, 2.75) is 25.5 Å². The minimum Gasteiger partial charge on any atom is -0.384 e. The number of hydrogen-bond donors (Lipinski definition) is 1. The molecule has 4 heteroatoms. The predicted molar refractivity (Wildman–Crippen MR) is 46.3 cm³/mol. The Kier molecular flexibility index (Phi) is 3.31. The van der Waals surface area contributed by atoms with E-state index >= 15 is 0 Å². The Morgan fingerprint density at radius 3 is 2.69 bits per heavy atom. The van der Waals surface area contributed by atoms with Gasteiger partial charge in [-0.05, 0) is 13.3 Å². The minimum atomic E-state index is 0.0964. The average Bonchev–Trinajstić information content (AvgIpc) is 2.54. The molecule has 0 unspecified atom stereocenters. The van der Waals surface area contributed by atoms with Crippen molar-refractivity contribution in [1.82, 2.24) is 5.32 Å². The molecule has 1 aliphatic heterocycles. The molecule has 13 heavy (non-hydrogen) atoms. The average molecular weight is 177 g/mol. The molecule has 0 radical (unpaired) electrons. The number of allylic oxidation sites excluding steroid dienone is 1. The van der Waals surface area contributed by atoms with Gasteiger partial charge in [-0.25, -0.2) is 0 Å². The van der Waals surface area contributed by atoms with Crippen LogP contribution in [0.2, 0.25) is 0 Å². The zero-order valence-corrected chi connectivity index (χ0v) is 7.45. The minimum absolute atomic E-state index is 0.0964. The molecule has 0 saturated carbocycles. The van der Waals surface area contributed by atoms with E-state index in [9.17, 15) is 0 Å². The summed E-state index contributed by atoms with van der Waals surface area (Å²) < 4.78 is 5.31. The lowest BCUT2D eigenvalue weighted by molar-refractivity contribution is 0.115. The first-order chi connectivity index (χ1) is 6.27. The molecule has 4 nitrogen and oxygen atoms in total. The van der Waals surface area contributed by atoms with Gasteiger partial charge in [0.1, 0.15) is 17.7 Å². The highest BCUT2D eigenvalue weighted by Gasteiger charge is 2.22. The number of nitriles is 2. The van der Waals surface area contributed by atoms with E-state index < -0.39 is 0 Å². The van der Waals surface area contributed by atoms with Gasteiger partial charge < -0.3 is 10.1 Å². The Hall–Kier alpha value is -1.52. The summed E-state index contributed by atoms with van der Waals surface area (Å²) in [6.45, 7) is 2.71. The molecule has 0 spiro atoms. The largest absolute Gasteiger partial charge is 0.384 e. The summed E-state index contributed by atoms with van der Waals surface area (Å²) in [5, 5.41) is 19.9. The van der Waals surface area contributed by atoms with Gasteiger partial charge in [0.2, 0.25) is 0 Å². The molecule has 0 aliphatic carbocycles. The summed E-state index contributed by atoms with van der Waals surface area (Å²) in [4.78, 5) is 0. The fourth-order valence-corrected chi connectivity index (χ4v) is 1.23. The van der Waals surface area contributed by atoms with Crippen LogP contribution >= 0.6 is 0 Å². The van der Waals surface area contributed by atoms with Crippen molar-refractivity contribution in [3.8, 4) is 12.1 Å². The van der Waals surface area contributed by atoms with Crippen molar-refractivity contribution in [2.75, 3.05) is 6.61 Å². The first-order valence-corrected chi connectivity index (χ1v) is 4.16. The second-order valence-corrected chi connectivity index (χ2v) is 2.92. The third-order valence-corrected chi connectivity index (χ3v) is 2.06. The summed E-state index contributed by atoms with van der Waals surface area (Å²) in [6.07, 6.45) is 2.52. The number of nitrogens with one attached hydrogen (secondary N) is 1. The molecule has 1 rings (SSSR count). The van der Waals surface area contributed by atoms with Crippen molar-refractivity contribution < 1.29 is 4.74 Å². The standard InChI is InChI=1S/C9H11N3O/c1-7-9(2-3-13-7)12-6-8(4-10)5-11/h6-7,9,12H,2-3H2,1H3/t7-,9-/m1/s1. The van der Waals surface area contributed by atoms with Gasteiger partial charge in [-0.2, -0.15) is 10.5 Å². The number of nitrogens with zero attached hydrogens (tertiary/aromatic N) is 2. The first kappa shape index (κ1) is 9.57. The molecule has 0 bridgehead atoms. The number of rotatable bonds is 2. The lowest BCUT2D eigenvalue weighted by Crippen LogP contribution is -2.30. The summed E-state index contributed by atoms with van der Waals surface area (Å²) >= 11 is 0. The summed E-state index contributed by atoms with van der Waals surface area (Å²) in [7, 11) is 0. The number of hydrogen-bond acceptors (Lipinski definition) is 4. The molecule has 0 amide bonds. The lowest BCUT2D eigenvalue weighted by Gasteiger charge is -2.13. The molecule has 1 N–H and O–H groups in total. The zero-order chi connectivity index (χ0) is 9.68. The summed E-state index contributed by atoms with van der Waals surface area (Å²) in [5.74, 6) is 0. The maximum absolute atomic E-state index is 8.45. The van der Waals surface area contributed by atoms with Crippen molar-refractivity contribution in [2.24, 2.45) is 0 Å². The van der Waals surface area contributed by atoms with Crippen molar-refractivity contribution in [3.05, 3.63) is 11.8 Å². The van der Waals surface area contributed by atoms with Gasteiger partial charge in [-0.15, -0.1) is 0 Å². The molecular weight excluding hydrogens is 166 g/mol. The molecular formula is C9H11N3O. The second-order valence-electron chi connectivity index (χ2n) is 2.92. The van der Waals surface area contributed by atoms with Crippen LogP contribution in [0.4, 0.5) is 0 Å². The molecule has 68 valence electrons. The summed E-state index contributed by atoms with van der Waals surface area (Å²) in [6, 6.07) is 3.79. The molecule has 1 aliphatic rings. The highest BCUT2D eigenvalue weighted by Crippen LogP contribution is 2.12. The van der Waals surface area contributed by atoms with Gasteiger partial charge in [0.15, 0.2) is 0 Å². The molecule has 0 aromatic rings. The van der Waals surface area contributed by atoms with Crippen molar-refractivity contribution in [3.63, 3.8) is 0 Å². The molecule has 1 saturated heterocycles. The van der Waals surface area contributed by atoms with Gasteiger partial charge in [0.05, 0.1) is 12.1 Å². The van der Waals surface area contributed by atoms with Crippen LogP contribution in [0.1, 0.15) is 13.3 Å². The normalized spacial score (nSPS) is 25.8. The van der Waals surface area contributed by atoms with Crippen LogP contribution in [-0.4, -0.2) is 18.8 Å². The van der Waals surface area contributed by atoms with E-state index in [0.717, 1.165) is 13.0 Å². The molecule has 1 heterocycles. The quantitative estimate of drug-likeness (QED) is 0.630. The fourth-order valence-electron chi connectivity index (χ4n) is 1.23. The van der Waals surface area contributed by atoms with Crippen LogP contribution in [0.25, 0.3) is 0 Å². The van der Waals surface area contributed by atoms with E-state index in [-0.39, 0.29) is 17.7 Å². The van der Waals surface area contributed by atoms with Crippen LogP contribution in [0.3, 0.4) is 0 Å². The Morgan fingerprint density at radius 1 is 1.54 bits per heavy atom. The fraction of sp³-hybridized carbons (Fsp3) is 0.556. The maximum Gasteiger partial charge on any atom is 0.145 e. The molecule has 1 fully saturated rings. The van der Waals surface area contributed by atoms with Gasteiger partial charge in [0.25, 0.3) is 0 Å². The van der Waals surface area contributed by atoms with Crippen LogP contribution < -0.4 is 5.32 Å². The van der Waals surface area contributed by atoms with Gasteiger partial charge in [-0.1, -0.05) is 0 Å². The van der Waals surface area contributed by atoms with E-state index in [1.807, 2.05) is 6.92 Å². The van der Waals surface area contributed by atoms with Crippen LogP contribution in [-0.2, 0) is 4.74 Å². The van der Waals surface area contributed by atoms with E-state index in [0.29, 0.717) is 0 Å². The SMILES string of the molecule is C[C@H]1OCC[C@H]1NC=C(C#N)C#N. The Labute approximate surface area is 77.4 Å². The van der Waals surface area contributed by atoms with Gasteiger partial charge in [0, 0.05) is 12.8 Å². The van der Waals surface area contributed by atoms with E-state index in [1.165, 1.54) is 6.20 Å². The summed E-state index contributed by atoms with van der Waals surface area (Å²) in [5.41, 5.74) is 0.0964. The van der Waals surface area contributed by atoms with Gasteiger partial charge >= 0.3 is 0 Å². The maximum atomic E-state index is 8.45. The van der Waals surface area contributed by atoms with Crippen LogP contribution in [0.5, 0.6) is 0 Å². The Balaban J connectivity index is 2.47. The lowest BCUT2D eigenvalue weighted by atomic mass is 10.1. The van der Waals surface area contributed by atoms with E-state index in [1.54, 1.807) is 12.1 Å². The Bertz CT molecular complexity index is 268. The topological polar surface area (TPSA) is 68.8 Å². The highest BCUT2D eigenvalue weighted by atomic mass is 16.5. The van der Waals surface area contributed by atoms with E-state index in [2.05, 4.69) is 5.32 Å². The molecule has 0 aromatic heterocycles. The smallest absolute Gasteiger partial charge is 0.145 e. The predicted octanol–water partition coefficient (Wildman–Crippen LogP) is 0.684. The highest BCUT2D eigenvalue weighted by molar-refractivity contribution is 5.34. The van der Waals surface area contributed by atoms with Crippen molar-refractivity contribution >= 4 is 0 Å². The molecule has 0 aromatic carbocycles. The van der Waals surface area contributed by atoms with Gasteiger partial charge in [-0.3, -0.25) is 0 Å². The third kappa shape index (κ3) is 2.47. The third-order valence-electron chi connectivity index (χ3n) is 2.06. The second kappa shape index (κ2) is 4.49. The molecule has 2 atom stereocenters. The first-order valence-electron chi connectivity index (χ1n) is 4.16. The monoisotopic (exact) mass is 177 g/mol. The van der Waals surface area contributed by atoms with Crippen LogP contribution in [0, 0.1) is 22.7 Å². The zero-order valence-electron chi connectivity index (χ0n) is 7.45. The van der Waals surface area contributed by atoms with E-state index in [4.69, 9.17) is 15.3 Å². The Morgan fingerprint density at radius 2 is 2.23 bits per heavy atom. The van der Waals surface area contributed by atoms with Crippen molar-refractivity contribution in [1.29, 1.82) is 10.5 Å².